The van der Waals surface area contributed by atoms with Gasteiger partial charge >= 0.3 is 0 Å². The molecule has 3 heteroatoms. The van der Waals surface area contributed by atoms with Gasteiger partial charge in [-0.25, -0.2) is 8.42 Å². The zero-order valence-corrected chi connectivity index (χ0v) is 14.6. The van der Waals surface area contributed by atoms with Crippen LogP contribution in [0.5, 0.6) is 0 Å². The summed E-state index contributed by atoms with van der Waals surface area (Å²) >= 11 is 0. The minimum Gasteiger partial charge on any atom is -0.218 e. The molecule has 0 amide bonds. The topological polar surface area (TPSA) is 34.1 Å². The maximum absolute atomic E-state index is 12.9. The highest BCUT2D eigenvalue weighted by atomic mass is 32.2. The lowest BCUT2D eigenvalue weighted by Gasteiger charge is -2.03. The number of hydrogen-bond acceptors (Lipinski definition) is 2. The predicted molar refractivity (Wildman–Crippen MR) is 100 cm³/mol. The molecule has 0 radical (unpaired) electrons. The molecule has 2 atom stereocenters. The standard InChI is InChI=1S/C20H24O2S/c1-7-15(5)11-13-19-17(9-3)18(10-4)20(23(19,21)22)14-12-16(6)8-2/h7-16H,1-4H2,5-6H3/b13-11-,14-12-. The van der Waals surface area contributed by atoms with Gasteiger partial charge in [-0.1, -0.05) is 63.5 Å². The van der Waals surface area contributed by atoms with E-state index in [1.165, 1.54) is 0 Å². The summed E-state index contributed by atoms with van der Waals surface area (Å²) in [5.74, 6) is 0.160. The normalized spacial score (nSPS) is 20.1. The van der Waals surface area contributed by atoms with Crippen molar-refractivity contribution in [2.24, 2.45) is 11.8 Å². The van der Waals surface area contributed by atoms with Crippen molar-refractivity contribution >= 4 is 9.84 Å². The van der Waals surface area contributed by atoms with Crippen molar-refractivity contribution in [2.75, 3.05) is 0 Å². The molecule has 0 spiro atoms. The quantitative estimate of drug-likeness (QED) is 0.584. The van der Waals surface area contributed by atoms with E-state index in [0.29, 0.717) is 11.1 Å². The molecule has 0 aromatic carbocycles. The second-order valence-corrected chi connectivity index (χ2v) is 7.26. The third kappa shape index (κ3) is 3.99. The van der Waals surface area contributed by atoms with E-state index in [1.807, 2.05) is 26.0 Å². The molecule has 0 aromatic heterocycles. The van der Waals surface area contributed by atoms with E-state index in [9.17, 15) is 8.42 Å². The maximum atomic E-state index is 12.9. The van der Waals surface area contributed by atoms with Crippen LogP contribution in [-0.2, 0) is 9.84 Å². The van der Waals surface area contributed by atoms with Crippen LogP contribution >= 0.6 is 0 Å². The van der Waals surface area contributed by atoms with Crippen LogP contribution in [0.1, 0.15) is 13.8 Å². The second kappa shape index (κ2) is 7.93. The van der Waals surface area contributed by atoms with Gasteiger partial charge in [-0.3, -0.25) is 0 Å². The molecule has 23 heavy (non-hydrogen) atoms. The molecular weight excluding hydrogens is 304 g/mol. The summed E-state index contributed by atoms with van der Waals surface area (Å²) in [7, 11) is -3.58. The fourth-order valence-electron chi connectivity index (χ4n) is 2.09. The van der Waals surface area contributed by atoms with Crippen LogP contribution in [0.3, 0.4) is 0 Å². The smallest absolute Gasteiger partial charge is 0.207 e. The van der Waals surface area contributed by atoms with Crippen molar-refractivity contribution in [3.05, 3.63) is 95.9 Å². The van der Waals surface area contributed by atoms with E-state index in [4.69, 9.17) is 0 Å². The first-order chi connectivity index (χ1) is 10.8. The Bertz CT molecular complexity index is 683. The highest BCUT2D eigenvalue weighted by Crippen LogP contribution is 2.38. The van der Waals surface area contributed by atoms with Gasteiger partial charge in [0.2, 0.25) is 9.84 Å². The van der Waals surface area contributed by atoms with Gasteiger partial charge in [-0.15, -0.1) is 13.2 Å². The van der Waals surface area contributed by atoms with Gasteiger partial charge in [-0.2, -0.15) is 0 Å². The minimum absolute atomic E-state index is 0.0799. The van der Waals surface area contributed by atoms with Crippen molar-refractivity contribution in [3.63, 3.8) is 0 Å². The summed E-state index contributed by atoms with van der Waals surface area (Å²) in [5, 5.41) is 0. The van der Waals surface area contributed by atoms with E-state index in [0.717, 1.165) is 0 Å². The van der Waals surface area contributed by atoms with Crippen LogP contribution < -0.4 is 0 Å². The molecule has 0 saturated heterocycles. The third-order valence-electron chi connectivity index (χ3n) is 3.65. The highest BCUT2D eigenvalue weighted by Gasteiger charge is 2.32. The Morgan fingerprint density at radius 3 is 1.39 bits per heavy atom. The fourth-order valence-corrected chi connectivity index (χ4v) is 3.81. The van der Waals surface area contributed by atoms with Crippen LogP contribution in [-0.4, -0.2) is 8.42 Å². The molecule has 1 rings (SSSR count). The zero-order valence-electron chi connectivity index (χ0n) is 13.8. The van der Waals surface area contributed by atoms with E-state index in [2.05, 4.69) is 26.3 Å². The third-order valence-corrected chi connectivity index (χ3v) is 5.52. The minimum atomic E-state index is -3.58. The van der Waals surface area contributed by atoms with Crippen molar-refractivity contribution in [1.82, 2.24) is 0 Å². The Hall–Kier alpha value is -2.13. The van der Waals surface area contributed by atoms with Crippen LogP contribution in [0.2, 0.25) is 0 Å². The van der Waals surface area contributed by atoms with Crippen LogP contribution in [0.4, 0.5) is 0 Å². The number of hydrogen-bond donors (Lipinski definition) is 0. The molecule has 0 aliphatic carbocycles. The molecule has 0 fully saturated rings. The van der Waals surface area contributed by atoms with Gasteiger partial charge < -0.3 is 0 Å². The first-order valence-corrected chi connectivity index (χ1v) is 8.92. The average molecular weight is 328 g/mol. The molecule has 1 heterocycles. The van der Waals surface area contributed by atoms with Gasteiger partial charge in [0.1, 0.15) is 0 Å². The summed E-state index contributed by atoms with van der Waals surface area (Å²) in [6, 6.07) is 0. The summed E-state index contributed by atoms with van der Waals surface area (Å²) < 4.78 is 25.7. The molecular formula is C20H24O2S. The van der Waals surface area contributed by atoms with Gasteiger partial charge in [0, 0.05) is 11.1 Å². The van der Waals surface area contributed by atoms with Gasteiger partial charge in [0.05, 0.1) is 9.81 Å². The highest BCUT2D eigenvalue weighted by molar-refractivity contribution is 7.99. The van der Waals surface area contributed by atoms with Crippen molar-refractivity contribution in [1.29, 1.82) is 0 Å². The SMILES string of the molecule is C=CC1=C(/C=C\C(C)C=C)S(=O)(=O)C(/C=C\C(C)C=C)=C1C=C. The zero-order chi connectivity index (χ0) is 17.6. The largest absolute Gasteiger partial charge is 0.218 e. The molecule has 0 N–H and O–H groups in total. The fraction of sp³-hybridized carbons (Fsp3) is 0.200. The molecule has 0 bridgehead atoms. The average Bonchev–Trinajstić information content (AvgIpc) is 2.75. The van der Waals surface area contributed by atoms with Gasteiger partial charge in [-0.05, 0) is 24.0 Å². The van der Waals surface area contributed by atoms with Crippen molar-refractivity contribution in [2.45, 2.75) is 13.8 Å². The first kappa shape index (κ1) is 18.9. The van der Waals surface area contributed by atoms with E-state index in [-0.39, 0.29) is 21.6 Å². The first-order valence-electron chi connectivity index (χ1n) is 7.43. The molecule has 2 unspecified atom stereocenters. The predicted octanol–water partition coefficient (Wildman–Crippen LogP) is 5.05. The van der Waals surface area contributed by atoms with Gasteiger partial charge in [0.15, 0.2) is 0 Å². The molecule has 1 aliphatic rings. The van der Waals surface area contributed by atoms with Crippen molar-refractivity contribution in [3.8, 4) is 0 Å². The monoisotopic (exact) mass is 328 g/mol. The van der Waals surface area contributed by atoms with Crippen LogP contribution in [0, 0.1) is 11.8 Å². The number of sulfone groups is 1. The second-order valence-electron chi connectivity index (χ2n) is 5.38. The lowest BCUT2D eigenvalue weighted by Crippen LogP contribution is -2.01. The molecule has 0 aromatic rings. The van der Waals surface area contributed by atoms with Crippen LogP contribution in [0.15, 0.2) is 95.9 Å². The molecule has 122 valence electrons. The molecule has 2 nitrogen and oxygen atoms in total. The Morgan fingerprint density at radius 1 is 0.783 bits per heavy atom. The summed E-state index contributed by atoms with van der Waals surface area (Å²) in [6.45, 7) is 18.8. The lowest BCUT2D eigenvalue weighted by molar-refractivity contribution is 0.610. The molecule has 1 aliphatic heterocycles. The summed E-state index contributed by atoms with van der Waals surface area (Å²) in [6.07, 6.45) is 13.5. The van der Waals surface area contributed by atoms with E-state index in [1.54, 1.807) is 36.5 Å². The lowest BCUT2D eigenvalue weighted by atomic mass is 10.0. The number of allylic oxidation sites excluding steroid dienone is 10. The Morgan fingerprint density at radius 2 is 1.13 bits per heavy atom. The van der Waals surface area contributed by atoms with E-state index >= 15 is 0 Å². The Balaban J connectivity index is 3.48. The Kier molecular flexibility index (Phi) is 6.52. The maximum Gasteiger partial charge on any atom is 0.207 e. The van der Waals surface area contributed by atoms with Crippen molar-refractivity contribution < 1.29 is 8.42 Å². The van der Waals surface area contributed by atoms with Crippen LogP contribution in [0.25, 0.3) is 0 Å². The number of rotatable bonds is 8. The Labute approximate surface area is 140 Å². The summed E-state index contributed by atoms with van der Waals surface area (Å²) in [4.78, 5) is 0.504. The summed E-state index contributed by atoms with van der Waals surface area (Å²) in [5.41, 5.74) is 1.16. The van der Waals surface area contributed by atoms with Gasteiger partial charge in [0.25, 0.3) is 0 Å². The van der Waals surface area contributed by atoms with E-state index < -0.39 is 9.84 Å². The molecule has 0 saturated carbocycles.